The van der Waals surface area contributed by atoms with Gasteiger partial charge in [0.15, 0.2) is 0 Å². The Morgan fingerprint density at radius 3 is 2.85 bits per heavy atom. The highest BCUT2D eigenvalue weighted by atomic mass is 16.5. The summed E-state index contributed by atoms with van der Waals surface area (Å²) in [5.74, 6) is 2.33. The molecule has 2 aromatic carbocycles. The fourth-order valence-corrected chi connectivity index (χ4v) is 2.34. The van der Waals surface area contributed by atoms with Crippen LogP contribution < -0.4 is 19.9 Å². The van der Waals surface area contributed by atoms with Gasteiger partial charge in [0.25, 0.3) is 0 Å². The fraction of sp³-hybridized carbons (Fsp3) is 0.250. The zero-order chi connectivity index (χ0) is 13.9. The summed E-state index contributed by atoms with van der Waals surface area (Å²) in [4.78, 5) is 0. The van der Waals surface area contributed by atoms with Crippen molar-refractivity contribution in [2.75, 3.05) is 19.5 Å². The zero-order valence-corrected chi connectivity index (χ0v) is 11.3. The summed E-state index contributed by atoms with van der Waals surface area (Å²) in [5, 5.41) is 0. The van der Waals surface area contributed by atoms with Crippen molar-refractivity contribution < 1.29 is 14.2 Å². The molecule has 1 aliphatic heterocycles. The third-order valence-electron chi connectivity index (χ3n) is 3.35. The minimum absolute atomic E-state index is 0.0516. The highest BCUT2D eigenvalue weighted by Crippen LogP contribution is 2.29. The van der Waals surface area contributed by atoms with Crippen LogP contribution in [0.25, 0.3) is 0 Å². The number of methoxy groups -OCH3 is 1. The van der Waals surface area contributed by atoms with Gasteiger partial charge in [-0.15, -0.1) is 0 Å². The SMILES string of the molecule is COc1ccc(OCC2Cc3ccccc3O2)cc1N. The number of benzene rings is 2. The highest BCUT2D eigenvalue weighted by Gasteiger charge is 2.22. The Morgan fingerprint density at radius 1 is 1.25 bits per heavy atom. The van der Waals surface area contributed by atoms with Crippen LogP contribution in [0.15, 0.2) is 42.5 Å². The molecule has 3 rings (SSSR count). The largest absolute Gasteiger partial charge is 0.495 e. The van der Waals surface area contributed by atoms with Gasteiger partial charge in [-0.1, -0.05) is 18.2 Å². The summed E-state index contributed by atoms with van der Waals surface area (Å²) in [7, 11) is 1.59. The van der Waals surface area contributed by atoms with Gasteiger partial charge in [0.2, 0.25) is 0 Å². The van der Waals surface area contributed by atoms with Crippen molar-refractivity contribution in [3.63, 3.8) is 0 Å². The Kier molecular flexibility index (Phi) is 3.37. The van der Waals surface area contributed by atoms with E-state index in [1.165, 1.54) is 5.56 Å². The normalized spacial score (nSPS) is 16.4. The molecule has 4 nitrogen and oxygen atoms in total. The molecule has 1 atom stereocenters. The monoisotopic (exact) mass is 271 g/mol. The van der Waals surface area contributed by atoms with E-state index < -0.39 is 0 Å². The lowest BCUT2D eigenvalue weighted by Crippen LogP contribution is -2.22. The molecule has 0 spiro atoms. The summed E-state index contributed by atoms with van der Waals surface area (Å²) < 4.78 is 16.7. The van der Waals surface area contributed by atoms with Crippen molar-refractivity contribution in [1.82, 2.24) is 0 Å². The highest BCUT2D eigenvalue weighted by molar-refractivity contribution is 5.56. The van der Waals surface area contributed by atoms with E-state index in [1.54, 1.807) is 19.2 Å². The molecule has 0 fully saturated rings. The van der Waals surface area contributed by atoms with E-state index in [1.807, 2.05) is 24.3 Å². The molecule has 4 heteroatoms. The van der Waals surface area contributed by atoms with Crippen molar-refractivity contribution >= 4 is 5.69 Å². The number of hydrogen-bond acceptors (Lipinski definition) is 4. The Bertz CT molecular complexity index is 587. The van der Waals surface area contributed by atoms with Gasteiger partial charge in [-0.25, -0.2) is 0 Å². The molecule has 1 heterocycles. The van der Waals surface area contributed by atoms with E-state index in [-0.39, 0.29) is 6.10 Å². The Labute approximate surface area is 118 Å². The van der Waals surface area contributed by atoms with Crippen LogP contribution >= 0.6 is 0 Å². The summed E-state index contributed by atoms with van der Waals surface area (Å²) in [6.07, 6.45) is 0.928. The van der Waals surface area contributed by atoms with Gasteiger partial charge in [-0.2, -0.15) is 0 Å². The molecule has 0 saturated heterocycles. The fourth-order valence-electron chi connectivity index (χ4n) is 2.34. The molecule has 0 radical (unpaired) electrons. The van der Waals surface area contributed by atoms with Crippen molar-refractivity contribution in [3.8, 4) is 17.2 Å². The first-order chi connectivity index (χ1) is 9.76. The molecular formula is C16H17NO3. The van der Waals surface area contributed by atoms with Crippen LogP contribution in [0, 0.1) is 0 Å². The number of anilines is 1. The summed E-state index contributed by atoms with van der Waals surface area (Å²) in [5.41, 5.74) is 7.65. The molecule has 0 aromatic heterocycles. The second-order valence-corrected chi connectivity index (χ2v) is 4.77. The molecule has 0 bridgehead atoms. The molecule has 20 heavy (non-hydrogen) atoms. The Hall–Kier alpha value is -2.36. The maximum atomic E-state index is 5.85. The van der Waals surface area contributed by atoms with Crippen molar-refractivity contribution in [3.05, 3.63) is 48.0 Å². The maximum Gasteiger partial charge on any atom is 0.142 e. The molecular weight excluding hydrogens is 254 g/mol. The predicted octanol–water partition coefficient (Wildman–Crippen LogP) is 2.66. The van der Waals surface area contributed by atoms with Gasteiger partial charge in [0, 0.05) is 12.5 Å². The van der Waals surface area contributed by atoms with E-state index >= 15 is 0 Å². The third-order valence-corrected chi connectivity index (χ3v) is 3.35. The zero-order valence-electron chi connectivity index (χ0n) is 11.3. The number of hydrogen-bond donors (Lipinski definition) is 1. The second kappa shape index (κ2) is 5.33. The van der Waals surface area contributed by atoms with Gasteiger partial charge in [-0.05, 0) is 23.8 Å². The predicted molar refractivity (Wildman–Crippen MR) is 77.5 cm³/mol. The first-order valence-corrected chi connectivity index (χ1v) is 6.57. The lowest BCUT2D eigenvalue weighted by Gasteiger charge is -2.13. The molecule has 0 saturated carbocycles. The van der Waals surface area contributed by atoms with Crippen LogP contribution in [0.3, 0.4) is 0 Å². The maximum absolute atomic E-state index is 5.85. The summed E-state index contributed by atoms with van der Waals surface area (Å²) in [6.45, 7) is 0.500. The third kappa shape index (κ3) is 2.50. The number of fused-ring (bicyclic) bond motifs is 1. The lowest BCUT2D eigenvalue weighted by atomic mass is 10.1. The van der Waals surface area contributed by atoms with Crippen LogP contribution in [0.2, 0.25) is 0 Å². The van der Waals surface area contributed by atoms with E-state index in [0.29, 0.717) is 18.0 Å². The second-order valence-electron chi connectivity index (χ2n) is 4.77. The van der Waals surface area contributed by atoms with Gasteiger partial charge in [-0.3, -0.25) is 0 Å². The number of para-hydroxylation sites is 1. The van der Waals surface area contributed by atoms with E-state index in [2.05, 4.69) is 6.07 Å². The topological polar surface area (TPSA) is 53.7 Å². The Morgan fingerprint density at radius 2 is 2.10 bits per heavy atom. The van der Waals surface area contributed by atoms with Gasteiger partial charge in [0.05, 0.1) is 12.8 Å². The first kappa shape index (κ1) is 12.7. The van der Waals surface area contributed by atoms with Crippen LogP contribution in [0.4, 0.5) is 5.69 Å². The Balaban J connectivity index is 1.60. The number of nitrogen functional groups attached to an aromatic ring is 1. The van der Waals surface area contributed by atoms with Crippen LogP contribution in [-0.4, -0.2) is 19.8 Å². The summed E-state index contributed by atoms with van der Waals surface area (Å²) >= 11 is 0. The molecule has 0 aliphatic carbocycles. The standard InChI is InChI=1S/C16H17NO3/c1-18-16-7-6-12(9-14(16)17)19-10-13-8-11-4-2-3-5-15(11)20-13/h2-7,9,13H,8,10,17H2,1H3. The van der Waals surface area contributed by atoms with Crippen molar-refractivity contribution in [1.29, 1.82) is 0 Å². The number of rotatable bonds is 4. The average molecular weight is 271 g/mol. The van der Waals surface area contributed by atoms with Gasteiger partial charge >= 0.3 is 0 Å². The van der Waals surface area contributed by atoms with Crippen LogP contribution in [0.5, 0.6) is 17.2 Å². The van der Waals surface area contributed by atoms with Crippen molar-refractivity contribution in [2.45, 2.75) is 12.5 Å². The van der Waals surface area contributed by atoms with Crippen LogP contribution in [-0.2, 0) is 6.42 Å². The molecule has 1 unspecified atom stereocenters. The van der Waals surface area contributed by atoms with Gasteiger partial charge < -0.3 is 19.9 Å². The molecule has 1 aliphatic rings. The van der Waals surface area contributed by atoms with E-state index in [4.69, 9.17) is 19.9 Å². The summed E-state index contributed by atoms with van der Waals surface area (Å²) in [6, 6.07) is 13.5. The van der Waals surface area contributed by atoms with E-state index in [0.717, 1.165) is 17.9 Å². The number of ether oxygens (including phenoxy) is 3. The quantitative estimate of drug-likeness (QED) is 0.869. The molecule has 2 N–H and O–H groups in total. The molecule has 0 amide bonds. The number of nitrogens with two attached hydrogens (primary N) is 1. The lowest BCUT2D eigenvalue weighted by molar-refractivity contribution is 0.148. The smallest absolute Gasteiger partial charge is 0.142 e. The van der Waals surface area contributed by atoms with Crippen LogP contribution in [0.1, 0.15) is 5.56 Å². The van der Waals surface area contributed by atoms with Crippen molar-refractivity contribution in [2.24, 2.45) is 0 Å². The molecule has 2 aromatic rings. The first-order valence-electron chi connectivity index (χ1n) is 6.57. The molecule has 104 valence electrons. The van der Waals surface area contributed by atoms with Gasteiger partial charge in [0.1, 0.15) is 30.0 Å². The average Bonchev–Trinajstić information content (AvgIpc) is 2.88. The minimum atomic E-state index is 0.0516. The van der Waals surface area contributed by atoms with E-state index in [9.17, 15) is 0 Å². The minimum Gasteiger partial charge on any atom is -0.495 e.